The normalized spacial score (nSPS) is 22.2. The van der Waals surface area contributed by atoms with Crippen molar-refractivity contribution in [3.63, 3.8) is 0 Å². The number of aliphatic hydroxyl groups excluding tert-OH is 1. The summed E-state index contributed by atoms with van der Waals surface area (Å²) in [4.78, 5) is 0. The lowest BCUT2D eigenvalue weighted by atomic mass is 9.84. The Morgan fingerprint density at radius 1 is 1.67 bits per heavy atom. The van der Waals surface area contributed by atoms with Crippen molar-refractivity contribution in [2.45, 2.75) is 6.42 Å². The van der Waals surface area contributed by atoms with Gasteiger partial charge in [-0.25, -0.2) is 0 Å². The fourth-order valence-electron chi connectivity index (χ4n) is 0.808. The molecule has 3 nitrogen and oxygen atoms in total. The van der Waals surface area contributed by atoms with Crippen LogP contribution in [0.2, 0.25) is 0 Å². The second kappa shape index (κ2) is 2.34. The maximum atomic E-state index is 8.74. The van der Waals surface area contributed by atoms with Gasteiger partial charge in [0.2, 0.25) is 0 Å². The number of hydrogen-bond donors (Lipinski definition) is 1. The van der Waals surface area contributed by atoms with Crippen LogP contribution in [0.5, 0.6) is 0 Å². The molecule has 1 saturated heterocycles. The Kier molecular flexibility index (Phi) is 1.70. The molecule has 1 fully saturated rings. The predicted molar refractivity (Wildman–Crippen MR) is 30.6 cm³/mol. The molecule has 0 bridgehead atoms. The molecule has 1 N–H and O–H groups in total. The van der Waals surface area contributed by atoms with Crippen LogP contribution in [-0.4, -0.2) is 24.9 Å². The van der Waals surface area contributed by atoms with E-state index in [2.05, 4.69) is 0 Å². The monoisotopic (exact) mass is 127 g/mol. The lowest BCUT2D eigenvalue weighted by Crippen LogP contribution is -2.45. The zero-order valence-corrected chi connectivity index (χ0v) is 5.13. The van der Waals surface area contributed by atoms with Gasteiger partial charge in [-0.3, -0.25) is 0 Å². The molecule has 0 saturated carbocycles. The SMILES string of the molecule is N#CCC1(CO)COC1. The summed E-state index contributed by atoms with van der Waals surface area (Å²) in [6.07, 6.45) is 0.406. The van der Waals surface area contributed by atoms with Gasteiger partial charge in [0.05, 0.1) is 31.3 Å². The Balaban J connectivity index is 2.39. The van der Waals surface area contributed by atoms with Gasteiger partial charge in [0.15, 0.2) is 0 Å². The topological polar surface area (TPSA) is 53.2 Å². The highest BCUT2D eigenvalue weighted by atomic mass is 16.5. The average molecular weight is 127 g/mol. The number of ether oxygens (including phenoxy) is 1. The molecule has 0 radical (unpaired) electrons. The summed E-state index contributed by atoms with van der Waals surface area (Å²) < 4.78 is 4.87. The average Bonchev–Trinajstić information content (AvgIpc) is 1.79. The summed E-state index contributed by atoms with van der Waals surface area (Å²) in [7, 11) is 0. The lowest BCUT2D eigenvalue weighted by Gasteiger charge is -2.37. The smallest absolute Gasteiger partial charge is 0.0630 e. The van der Waals surface area contributed by atoms with Gasteiger partial charge in [-0.15, -0.1) is 0 Å². The zero-order chi connectivity index (χ0) is 6.74. The molecule has 3 heteroatoms. The Hall–Kier alpha value is -0.590. The fraction of sp³-hybridized carbons (Fsp3) is 0.833. The van der Waals surface area contributed by atoms with E-state index in [1.54, 1.807) is 0 Å². The number of aliphatic hydroxyl groups is 1. The molecular formula is C6H9NO2. The van der Waals surface area contributed by atoms with Crippen LogP contribution in [-0.2, 0) is 4.74 Å². The number of rotatable bonds is 2. The van der Waals surface area contributed by atoms with Gasteiger partial charge in [-0.05, 0) is 0 Å². The van der Waals surface area contributed by atoms with Crippen molar-refractivity contribution < 1.29 is 9.84 Å². The molecule has 0 aromatic carbocycles. The van der Waals surface area contributed by atoms with Crippen molar-refractivity contribution >= 4 is 0 Å². The van der Waals surface area contributed by atoms with Crippen molar-refractivity contribution in [1.82, 2.24) is 0 Å². The van der Waals surface area contributed by atoms with Crippen molar-refractivity contribution in [3.8, 4) is 6.07 Å². The molecular weight excluding hydrogens is 118 g/mol. The Labute approximate surface area is 53.9 Å². The van der Waals surface area contributed by atoms with Gasteiger partial charge >= 0.3 is 0 Å². The summed E-state index contributed by atoms with van der Waals surface area (Å²) >= 11 is 0. The van der Waals surface area contributed by atoms with Crippen LogP contribution < -0.4 is 0 Å². The second-order valence-corrected chi connectivity index (χ2v) is 2.49. The minimum absolute atomic E-state index is 0.0700. The van der Waals surface area contributed by atoms with Crippen LogP contribution in [0.25, 0.3) is 0 Å². The van der Waals surface area contributed by atoms with E-state index >= 15 is 0 Å². The third kappa shape index (κ3) is 1.04. The first-order valence-electron chi connectivity index (χ1n) is 2.88. The van der Waals surface area contributed by atoms with E-state index in [-0.39, 0.29) is 12.0 Å². The highest BCUT2D eigenvalue weighted by molar-refractivity contribution is 4.92. The molecule has 1 rings (SSSR count). The van der Waals surface area contributed by atoms with Gasteiger partial charge in [-0.1, -0.05) is 0 Å². The largest absolute Gasteiger partial charge is 0.396 e. The molecule has 1 heterocycles. The van der Waals surface area contributed by atoms with Crippen molar-refractivity contribution in [3.05, 3.63) is 0 Å². The van der Waals surface area contributed by atoms with Crippen molar-refractivity contribution in [1.29, 1.82) is 5.26 Å². The van der Waals surface area contributed by atoms with Crippen LogP contribution in [0.4, 0.5) is 0 Å². The zero-order valence-electron chi connectivity index (χ0n) is 5.13. The first-order valence-corrected chi connectivity index (χ1v) is 2.88. The highest BCUT2D eigenvalue weighted by Gasteiger charge is 2.37. The summed E-state index contributed by atoms with van der Waals surface area (Å²) in [6, 6.07) is 2.02. The molecule has 0 aliphatic carbocycles. The van der Waals surface area contributed by atoms with E-state index in [1.165, 1.54) is 0 Å². The Morgan fingerprint density at radius 3 is 2.44 bits per heavy atom. The van der Waals surface area contributed by atoms with Crippen molar-refractivity contribution in [2.24, 2.45) is 5.41 Å². The third-order valence-electron chi connectivity index (χ3n) is 1.61. The summed E-state index contributed by atoms with van der Waals surface area (Å²) in [6.45, 7) is 1.15. The Morgan fingerprint density at radius 2 is 2.33 bits per heavy atom. The van der Waals surface area contributed by atoms with E-state index < -0.39 is 0 Å². The number of nitrogens with zero attached hydrogens (tertiary/aromatic N) is 1. The predicted octanol–water partition coefficient (Wildman–Crippen LogP) is -0.0910. The van der Waals surface area contributed by atoms with E-state index in [1.807, 2.05) is 6.07 Å². The van der Waals surface area contributed by atoms with Crippen molar-refractivity contribution in [2.75, 3.05) is 19.8 Å². The summed E-state index contributed by atoms with van der Waals surface area (Å²) in [5.74, 6) is 0. The van der Waals surface area contributed by atoms with Gasteiger partial charge in [0, 0.05) is 6.42 Å². The highest BCUT2D eigenvalue weighted by Crippen LogP contribution is 2.29. The molecule has 0 aromatic rings. The van der Waals surface area contributed by atoms with Crippen LogP contribution in [0.1, 0.15) is 6.42 Å². The van der Waals surface area contributed by atoms with E-state index in [4.69, 9.17) is 15.1 Å². The summed E-state index contributed by atoms with van der Waals surface area (Å²) in [5, 5.41) is 17.0. The summed E-state index contributed by atoms with van der Waals surface area (Å²) in [5.41, 5.74) is -0.214. The molecule has 0 unspecified atom stereocenters. The van der Waals surface area contributed by atoms with Gasteiger partial charge in [0.25, 0.3) is 0 Å². The van der Waals surface area contributed by atoms with Crippen LogP contribution in [0.15, 0.2) is 0 Å². The quantitative estimate of drug-likeness (QED) is 0.564. The first kappa shape index (κ1) is 6.53. The molecule has 9 heavy (non-hydrogen) atoms. The molecule has 1 aliphatic heterocycles. The number of nitriles is 1. The van der Waals surface area contributed by atoms with Crippen LogP contribution >= 0.6 is 0 Å². The first-order chi connectivity index (χ1) is 4.33. The molecule has 0 spiro atoms. The van der Waals surface area contributed by atoms with E-state index in [9.17, 15) is 0 Å². The maximum Gasteiger partial charge on any atom is 0.0630 e. The minimum atomic E-state index is -0.214. The second-order valence-electron chi connectivity index (χ2n) is 2.49. The molecule has 1 aliphatic rings. The molecule has 0 atom stereocenters. The Bertz CT molecular complexity index is 129. The third-order valence-corrected chi connectivity index (χ3v) is 1.61. The van der Waals surface area contributed by atoms with Gasteiger partial charge in [-0.2, -0.15) is 5.26 Å². The standard InChI is InChI=1S/C6H9NO2/c7-2-1-6(3-8)4-9-5-6/h8H,1,3-5H2. The molecule has 0 amide bonds. The van der Waals surface area contributed by atoms with E-state index in [0.717, 1.165) is 0 Å². The maximum absolute atomic E-state index is 8.74. The van der Waals surface area contributed by atoms with Crippen LogP contribution in [0, 0.1) is 16.7 Å². The van der Waals surface area contributed by atoms with Gasteiger partial charge < -0.3 is 9.84 Å². The molecule has 0 aromatic heterocycles. The minimum Gasteiger partial charge on any atom is -0.396 e. The van der Waals surface area contributed by atoms with Gasteiger partial charge in [0.1, 0.15) is 0 Å². The van der Waals surface area contributed by atoms with Crippen LogP contribution in [0.3, 0.4) is 0 Å². The molecule has 50 valence electrons. The number of hydrogen-bond acceptors (Lipinski definition) is 3. The van der Waals surface area contributed by atoms with E-state index in [0.29, 0.717) is 19.6 Å². The fourth-order valence-corrected chi connectivity index (χ4v) is 0.808. The lowest BCUT2D eigenvalue weighted by molar-refractivity contribution is -0.133.